The van der Waals surface area contributed by atoms with E-state index in [0.717, 1.165) is 17.8 Å². The minimum absolute atomic E-state index is 0.781. The predicted molar refractivity (Wildman–Crippen MR) is 152 cm³/mol. The first-order chi connectivity index (χ1) is 16.7. The smallest absolute Gasteiger partial charge is 0.0162 e. The molecule has 188 valence electrons. The Kier molecular flexibility index (Phi) is 12.3. The summed E-state index contributed by atoms with van der Waals surface area (Å²) in [5, 5.41) is 0. The summed E-state index contributed by atoms with van der Waals surface area (Å²) in [6, 6.07) is 18.9. The average Bonchev–Trinajstić information content (AvgIpc) is 2.87. The van der Waals surface area contributed by atoms with Gasteiger partial charge in [-0.1, -0.05) is 134 Å². The van der Waals surface area contributed by atoms with Crippen molar-refractivity contribution >= 4 is 0 Å². The molecule has 34 heavy (non-hydrogen) atoms. The fourth-order valence-corrected chi connectivity index (χ4v) is 5.80. The van der Waals surface area contributed by atoms with Crippen LogP contribution in [0.25, 0.3) is 11.1 Å². The highest BCUT2D eigenvalue weighted by atomic mass is 14.3. The highest BCUT2D eigenvalue weighted by Gasteiger charge is 2.22. The first-order valence-electron chi connectivity index (χ1n) is 14.8. The standard InChI is InChI=1S/C34H52/c1-4-5-6-7-8-9-10-11-12-13-29-16-20-31(21-17-29)33-24-26-34(27-25-33)32-22-18-30(19-23-32)15-14-28(2)3/h16-17,20-21,24-28,30,32H,4-15,18-19,22-23H2,1-3H3. The molecule has 2 aromatic carbocycles. The number of unbranched alkanes of at least 4 members (excludes halogenated alkanes) is 8. The molecule has 1 aliphatic rings. The van der Waals surface area contributed by atoms with Crippen LogP contribution in [-0.2, 0) is 6.42 Å². The van der Waals surface area contributed by atoms with Crippen molar-refractivity contribution in [2.75, 3.05) is 0 Å². The predicted octanol–water partition coefficient (Wildman–Crippen LogP) is 11.1. The Morgan fingerprint density at radius 3 is 1.74 bits per heavy atom. The van der Waals surface area contributed by atoms with Gasteiger partial charge in [-0.15, -0.1) is 0 Å². The van der Waals surface area contributed by atoms with E-state index in [2.05, 4.69) is 69.3 Å². The van der Waals surface area contributed by atoms with Crippen molar-refractivity contribution in [3.63, 3.8) is 0 Å². The van der Waals surface area contributed by atoms with E-state index in [4.69, 9.17) is 0 Å². The zero-order valence-corrected chi connectivity index (χ0v) is 22.7. The maximum atomic E-state index is 2.41. The van der Waals surface area contributed by atoms with Crippen LogP contribution in [0.4, 0.5) is 0 Å². The summed E-state index contributed by atoms with van der Waals surface area (Å²) in [5.74, 6) is 2.62. The lowest BCUT2D eigenvalue weighted by Crippen LogP contribution is -2.14. The van der Waals surface area contributed by atoms with Crippen LogP contribution >= 0.6 is 0 Å². The van der Waals surface area contributed by atoms with Gasteiger partial charge in [0, 0.05) is 0 Å². The number of rotatable bonds is 15. The van der Waals surface area contributed by atoms with Crippen molar-refractivity contribution in [1.29, 1.82) is 0 Å². The number of hydrogen-bond acceptors (Lipinski definition) is 0. The maximum absolute atomic E-state index is 2.41. The van der Waals surface area contributed by atoms with Crippen LogP contribution in [-0.4, -0.2) is 0 Å². The third kappa shape index (κ3) is 9.59. The molecule has 0 aromatic heterocycles. The molecule has 0 bridgehead atoms. The molecule has 1 aliphatic carbocycles. The van der Waals surface area contributed by atoms with Gasteiger partial charge in [-0.05, 0) is 78.5 Å². The fraction of sp³-hybridized carbons (Fsp3) is 0.647. The van der Waals surface area contributed by atoms with Gasteiger partial charge in [-0.25, -0.2) is 0 Å². The van der Waals surface area contributed by atoms with Gasteiger partial charge in [0.2, 0.25) is 0 Å². The molecule has 2 aromatic rings. The molecule has 0 unspecified atom stereocenters. The molecule has 0 N–H and O–H groups in total. The lowest BCUT2D eigenvalue weighted by atomic mass is 9.76. The van der Waals surface area contributed by atoms with Crippen molar-refractivity contribution in [3.8, 4) is 11.1 Å². The second-order valence-electron chi connectivity index (χ2n) is 11.6. The summed E-state index contributed by atoms with van der Waals surface area (Å²) in [5.41, 5.74) is 5.79. The van der Waals surface area contributed by atoms with E-state index < -0.39 is 0 Å². The molecule has 0 amide bonds. The van der Waals surface area contributed by atoms with Crippen LogP contribution in [0, 0.1) is 11.8 Å². The SMILES string of the molecule is CCCCCCCCCCCc1ccc(-c2ccc(C3CCC(CCC(C)C)CC3)cc2)cc1. The monoisotopic (exact) mass is 460 g/mol. The Hall–Kier alpha value is -1.56. The average molecular weight is 461 g/mol. The Morgan fingerprint density at radius 2 is 1.18 bits per heavy atom. The van der Waals surface area contributed by atoms with E-state index in [1.165, 1.54) is 119 Å². The maximum Gasteiger partial charge on any atom is -0.0162 e. The summed E-state index contributed by atoms with van der Waals surface area (Å²) in [7, 11) is 0. The van der Waals surface area contributed by atoms with E-state index >= 15 is 0 Å². The van der Waals surface area contributed by atoms with Gasteiger partial charge in [0.05, 0.1) is 0 Å². The van der Waals surface area contributed by atoms with Crippen LogP contribution in [0.5, 0.6) is 0 Å². The molecule has 1 fully saturated rings. The van der Waals surface area contributed by atoms with Crippen LogP contribution in [0.2, 0.25) is 0 Å². The molecule has 0 heteroatoms. The summed E-state index contributed by atoms with van der Waals surface area (Å²) < 4.78 is 0. The second-order valence-corrected chi connectivity index (χ2v) is 11.6. The zero-order chi connectivity index (χ0) is 24.0. The summed E-state index contributed by atoms with van der Waals surface area (Å²) in [6.45, 7) is 7.01. The molecule has 0 nitrogen and oxygen atoms in total. The van der Waals surface area contributed by atoms with Crippen LogP contribution in [0.15, 0.2) is 48.5 Å². The second kappa shape index (κ2) is 15.4. The highest BCUT2D eigenvalue weighted by Crippen LogP contribution is 2.38. The first-order valence-corrected chi connectivity index (χ1v) is 14.8. The van der Waals surface area contributed by atoms with Crippen LogP contribution in [0.1, 0.15) is 134 Å². The normalized spacial score (nSPS) is 18.5. The molecule has 0 heterocycles. The van der Waals surface area contributed by atoms with Gasteiger partial charge in [0.1, 0.15) is 0 Å². The minimum Gasteiger partial charge on any atom is -0.0654 e. The Labute approximate surface area is 212 Å². The lowest BCUT2D eigenvalue weighted by Gasteiger charge is -2.29. The van der Waals surface area contributed by atoms with Gasteiger partial charge >= 0.3 is 0 Å². The van der Waals surface area contributed by atoms with Crippen molar-refractivity contribution in [1.82, 2.24) is 0 Å². The topological polar surface area (TPSA) is 0 Å². The molecular weight excluding hydrogens is 408 g/mol. The lowest BCUT2D eigenvalue weighted by molar-refractivity contribution is 0.293. The van der Waals surface area contributed by atoms with Gasteiger partial charge < -0.3 is 0 Å². The molecule has 3 rings (SSSR count). The molecule has 0 saturated heterocycles. The Bertz CT molecular complexity index is 759. The van der Waals surface area contributed by atoms with Gasteiger partial charge in [0.25, 0.3) is 0 Å². The van der Waals surface area contributed by atoms with Crippen molar-refractivity contribution in [2.24, 2.45) is 11.8 Å². The third-order valence-corrected chi connectivity index (χ3v) is 8.24. The molecule has 0 spiro atoms. The third-order valence-electron chi connectivity index (χ3n) is 8.24. The van der Waals surface area contributed by atoms with Gasteiger partial charge in [-0.3, -0.25) is 0 Å². The largest absolute Gasteiger partial charge is 0.0654 e. The first kappa shape index (κ1) is 27.0. The summed E-state index contributed by atoms with van der Waals surface area (Å²) in [6.07, 6.45) is 22.4. The van der Waals surface area contributed by atoms with E-state index in [-0.39, 0.29) is 0 Å². The van der Waals surface area contributed by atoms with Crippen molar-refractivity contribution in [2.45, 2.75) is 129 Å². The van der Waals surface area contributed by atoms with Crippen molar-refractivity contribution < 1.29 is 0 Å². The van der Waals surface area contributed by atoms with Gasteiger partial charge in [0.15, 0.2) is 0 Å². The van der Waals surface area contributed by atoms with E-state index in [1.54, 1.807) is 5.56 Å². The number of aryl methyl sites for hydroxylation is 1. The zero-order valence-electron chi connectivity index (χ0n) is 22.7. The molecule has 0 aliphatic heterocycles. The highest BCUT2D eigenvalue weighted by molar-refractivity contribution is 5.64. The van der Waals surface area contributed by atoms with E-state index in [0.29, 0.717) is 0 Å². The number of benzene rings is 2. The van der Waals surface area contributed by atoms with Crippen LogP contribution < -0.4 is 0 Å². The minimum atomic E-state index is 0.781. The Balaban J connectivity index is 1.36. The van der Waals surface area contributed by atoms with Crippen LogP contribution in [0.3, 0.4) is 0 Å². The summed E-state index contributed by atoms with van der Waals surface area (Å²) in [4.78, 5) is 0. The van der Waals surface area contributed by atoms with E-state index in [9.17, 15) is 0 Å². The summed E-state index contributed by atoms with van der Waals surface area (Å²) >= 11 is 0. The van der Waals surface area contributed by atoms with E-state index in [1.807, 2.05) is 0 Å². The quantitative estimate of drug-likeness (QED) is 0.232. The molecular formula is C34H52. The van der Waals surface area contributed by atoms with Crippen molar-refractivity contribution in [3.05, 3.63) is 59.7 Å². The van der Waals surface area contributed by atoms with Gasteiger partial charge in [-0.2, -0.15) is 0 Å². The molecule has 1 saturated carbocycles. The fourth-order valence-electron chi connectivity index (χ4n) is 5.80. The number of hydrogen-bond donors (Lipinski definition) is 0. The Morgan fingerprint density at radius 1 is 0.647 bits per heavy atom. The molecule has 0 radical (unpaired) electrons. The molecule has 0 atom stereocenters.